The van der Waals surface area contributed by atoms with E-state index in [1.807, 2.05) is 0 Å². The standard InChI is InChI=1S/C12H24O7/c13-12-11-18-8-7-16-4-3-14-1-2-15-5-6-17-9-10-19-12/h12-13H,1-11H2. The number of rotatable bonds is 0. The van der Waals surface area contributed by atoms with Crippen molar-refractivity contribution >= 4 is 0 Å². The zero-order valence-corrected chi connectivity index (χ0v) is 11.3. The van der Waals surface area contributed by atoms with E-state index in [9.17, 15) is 5.11 Å². The van der Waals surface area contributed by atoms with E-state index < -0.39 is 6.29 Å². The zero-order chi connectivity index (χ0) is 13.6. The minimum atomic E-state index is -0.929. The zero-order valence-electron chi connectivity index (χ0n) is 11.3. The molecule has 0 aromatic heterocycles. The van der Waals surface area contributed by atoms with Gasteiger partial charge in [-0.3, -0.25) is 0 Å². The molecule has 1 atom stereocenters. The van der Waals surface area contributed by atoms with Crippen LogP contribution in [0, 0.1) is 0 Å². The second-order valence-corrected chi connectivity index (χ2v) is 3.85. The molecule has 1 heterocycles. The van der Waals surface area contributed by atoms with Gasteiger partial charge in [0.2, 0.25) is 0 Å². The highest BCUT2D eigenvalue weighted by molar-refractivity contribution is 4.41. The summed E-state index contributed by atoms with van der Waals surface area (Å²) in [5, 5.41) is 9.41. The molecule has 0 aromatic rings. The van der Waals surface area contributed by atoms with Gasteiger partial charge in [0.15, 0.2) is 6.29 Å². The SMILES string of the molecule is OC1COCCOCCOCCOCCOCCO1. The van der Waals surface area contributed by atoms with Gasteiger partial charge in [-0.1, -0.05) is 0 Å². The Kier molecular flexibility index (Phi) is 11.2. The van der Waals surface area contributed by atoms with Crippen LogP contribution in [0.5, 0.6) is 0 Å². The Morgan fingerprint density at radius 1 is 0.526 bits per heavy atom. The van der Waals surface area contributed by atoms with Crippen LogP contribution in [-0.4, -0.2) is 84.1 Å². The van der Waals surface area contributed by atoms with Crippen LogP contribution in [0.4, 0.5) is 0 Å². The summed E-state index contributed by atoms with van der Waals surface area (Å²) in [6.07, 6.45) is -0.929. The molecule has 1 rings (SSSR count). The van der Waals surface area contributed by atoms with E-state index >= 15 is 0 Å². The summed E-state index contributed by atoms with van der Waals surface area (Å²) in [5.74, 6) is 0. The number of aliphatic hydroxyl groups is 1. The normalized spacial score (nSPS) is 27.3. The van der Waals surface area contributed by atoms with Gasteiger partial charge in [-0.25, -0.2) is 0 Å². The van der Waals surface area contributed by atoms with Crippen molar-refractivity contribution in [1.82, 2.24) is 0 Å². The molecule has 7 nitrogen and oxygen atoms in total. The van der Waals surface area contributed by atoms with Crippen LogP contribution in [-0.2, 0) is 28.4 Å². The highest BCUT2D eigenvalue weighted by Gasteiger charge is 2.04. The largest absolute Gasteiger partial charge is 0.377 e. The van der Waals surface area contributed by atoms with Crippen molar-refractivity contribution in [2.45, 2.75) is 6.29 Å². The van der Waals surface area contributed by atoms with E-state index in [4.69, 9.17) is 28.4 Å². The number of aliphatic hydroxyl groups excluding tert-OH is 1. The molecular weight excluding hydrogens is 256 g/mol. The van der Waals surface area contributed by atoms with Crippen LogP contribution in [0.25, 0.3) is 0 Å². The molecule has 1 aliphatic heterocycles. The summed E-state index contributed by atoms with van der Waals surface area (Å²) in [4.78, 5) is 0. The van der Waals surface area contributed by atoms with Crippen LogP contribution in [0.15, 0.2) is 0 Å². The Hall–Kier alpha value is -0.280. The van der Waals surface area contributed by atoms with Crippen molar-refractivity contribution in [3.8, 4) is 0 Å². The van der Waals surface area contributed by atoms with E-state index in [2.05, 4.69) is 0 Å². The van der Waals surface area contributed by atoms with Crippen LogP contribution in [0.2, 0.25) is 0 Å². The van der Waals surface area contributed by atoms with Gasteiger partial charge < -0.3 is 33.5 Å². The van der Waals surface area contributed by atoms with E-state index in [1.54, 1.807) is 0 Å². The molecule has 19 heavy (non-hydrogen) atoms. The Morgan fingerprint density at radius 3 is 1.37 bits per heavy atom. The van der Waals surface area contributed by atoms with Crippen molar-refractivity contribution in [2.24, 2.45) is 0 Å². The number of hydrogen-bond acceptors (Lipinski definition) is 7. The van der Waals surface area contributed by atoms with Crippen molar-refractivity contribution in [1.29, 1.82) is 0 Å². The Labute approximate surface area is 113 Å². The molecule has 0 aliphatic carbocycles. The predicted molar refractivity (Wildman–Crippen MR) is 66.1 cm³/mol. The van der Waals surface area contributed by atoms with Crippen LogP contribution >= 0.6 is 0 Å². The van der Waals surface area contributed by atoms with Gasteiger partial charge >= 0.3 is 0 Å². The van der Waals surface area contributed by atoms with E-state index in [0.29, 0.717) is 66.1 Å². The van der Waals surface area contributed by atoms with Crippen LogP contribution in [0.1, 0.15) is 0 Å². The minimum absolute atomic E-state index is 0.128. The monoisotopic (exact) mass is 280 g/mol. The molecule has 7 heteroatoms. The van der Waals surface area contributed by atoms with Gasteiger partial charge in [0.1, 0.15) is 0 Å². The first-order valence-electron chi connectivity index (χ1n) is 6.58. The Bertz CT molecular complexity index is 173. The molecule has 1 aliphatic rings. The fourth-order valence-electron chi connectivity index (χ4n) is 1.35. The quantitative estimate of drug-likeness (QED) is 0.636. The molecular formula is C12H24O7. The topological polar surface area (TPSA) is 75.6 Å². The summed E-state index contributed by atoms with van der Waals surface area (Å²) in [6, 6.07) is 0. The van der Waals surface area contributed by atoms with Gasteiger partial charge in [-0.15, -0.1) is 0 Å². The molecule has 0 saturated carbocycles. The number of hydrogen-bond donors (Lipinski definition) is 1. The van der Waals surface area contributed by atoms with Gasteiger partial charge in [-0.05, 0) is 0 Å². The molecule has 0 spiro atoms. The molecule has 0 bridgehead atoms. The van der Waals surface area contributed by atoms with Gasteiger partial charge in [-0.2, -0.15) is 0 Å². The lowest BCUT2D eigenvalue weighted by Crippen LogP contribution is -2.23. The highest BCUT2D eigenvalue weighted by Crippen LogP contribution is 1.91. The van der Waals surface area contributed by atoms with Gasteiger partial charge in [0.25, 0.3) is 0 Å². The Balaban J connectivity index is 2.08. The molecule has 1 N–H and O–H groups in total. The fourth-order valence-corrected chi connectivity index (χ4v) is 1.35. The number of ether oxygens (including phenoxy) is 6. The van der Waals surface area contributed by atoms with Crippen LogP contribution < -0.4 is 0 Å². The lowest BCUT2D eigenvalue weighted by atomic mass is 10.6. The third-order valence-electron chi connectivity index (χ3n) is 2.29. The van der Waals surface area contributed by atoms with Gasteiger partial charge in [0.05, 0.1) is 72.7 Å². The van der Waals surface area contributed by atoms with Crippen molar-refractivity contribution < 1.29 is 33.5 Å². The summed E-state index contributed by atoms with van der Waals surface area (Å²) < 4.78 is 31.4. The summed E-state index contributed by atoms with van der Waals surface area (Å²) in [5.41, 5.74) is 0. The maximum Gasteiger partial charge on any atom is 0.178 e. The van der Waals surface area contributed by atoms with Crippen molar-refractivity contribution in [2.75, 3.05) is 72.7 Å². The maximum absolute atomic E-state index is 9.41. The van der Waals surface area contributed by atoms with Crippen LogP contribution in [0.3, 0.4) is 0 Å². The second-order valence-electron chi connectivity index (χ2n) is 3.85. The highest BCUT2D eigenvalue weighted by atomic mass is 16.6. The molecule has 1 saturated heterocycles. The summed E-state index contributed by atoms with van der Waals surface area (Å²) >= 11 is 0. The molecule has 0 amide bonds. The average Bonchev–Trinajstić information content (AvgIpc) is 2.41. The van der Waals surface area contributed by atoms with E-state index in [0.717, 1.165) is 0 Å². The first-order valence-corrected chi connectivity index (χ1v) is 6.58. The molecule has 0 aromatic carbocycles. The molecule has 1 fully saturated rings. The Morgan fingerprint density at radius 2 is 0.895 bits per heavy atom. The third kappa shape index (κ3) is 11.3. The van der Waals surface area contributed by atoms with E-state index in [1.165, 1.54) is 0 Å². The minimum Gasteiger partial charge on any atom is -0.377 e. The first kappa shape index (κ1) is 16.8. The first-order chi connectivity index (χ1) is 9.39. The smallest absolute Gasteiger partial charge is 0.178 e. The lowest BCUT2D eigenvalue weighted by Gasteiger charge is -2.13. The molecule has 0 radical (unpaired) electrons. The van der Waals surface area contributed by atoms with Crippen molar-refractivity contribution in [3.05, 3.63) is 0 Å². The van der Waals surface area contributed by atoms with Crippen molar-refractivity contribution in [3.63, 3.8) is 0 Å². The third-order valence-corrected chi connectivity index (χ3v) is 2.29. The molecule has 114 valence electrons. The van der Waals surface area contributed by atoms with Gasteiger partial charge in [0, 0.05) is 0 Å². The summed E-state index contributed by atoms with van der Waals surface area (Å²) in [7, 11) is 0. The fraction of sp³-hybridized carbons (Fsp3) is 1.00. The second kappa shape index (κ2) is 12.7. The van der Waals surface area contributed by atoms with E-state index in [-0.39, 0.29) is 6.61 Å². The predicted octanol–water partition coefficient (Wildman–Crippen LogP) is -0.582. The lowest BCUT2D eigenvalue weighted by molar-refractivity contribution is -0.150. The summed E-state index contributed by atoms with van der Waals surface area (Å²) in [6.45, 7) is 4.92. The molecule has 1 unspecified atom stereocenters. The maximum atomic E-state index is 9.41. The average molecular weight is 280 g/mol.